The van der Waals surface area contributed by atoms with Gasteiger partial charge in [0.1, 0.15) is 6.61 Å². The number of anilines is 1. The quantitative estimate of drug-likeness (QED) is 0.305. The first kappa shape index (κ1) is 20.1. The van der Waals surface area contributed by atoms with Gasteiger partial charge in [-0.05, 0) is 41.5 Å². The van der Waals surface area contributed by atoms with E-state index in [4.69, 9.17) is 17.0 Å². The Balaban J connectivity index is 1.44. The molecule has 1 amide bonds. The molecule has 1 aliphatic heterocycles. The van der Waals surface area contributed by atoms with Gasteiger partial charge in [0.15, 0.2) is 4.32 Å². The number of thiocarbonyl (C=S) groups is 1. The summed E-state index contributed by atoms with van der Waals surface area (Å²) in [6.45, 7) is 0.226. The van der Waals surface area contributed by atoms with E-state index >= 15 is 0 Å². The number of para-hydroxylation sites is 1. The molecule has 0 aromatic heterocycles. The van der Waals surface area contributed by atoms with Crippen molar-refractivity contribution in [3.63, 3.8) is 0 Å². The molecule has 0 unspecified atom stereocenters. The summed E-state index contributed by atoms with van der Waals surface area (Å²) in [4.78, 5) is 27.1. The molecule has 148 valence electrons. The fourth-order valence-corrected chi connectivity index (χ4v) is 4.24. The lowest BCUT2D eigenvalue weighted by atomic mass is 10.1. The number of carbonyl (C=O) groups is 2. The van der Waals surface area contributed by atoms with Crippen LogP contribution in [-0.4, -0.2) is 16.2 Å². The molecule has 0 atom stereocenters. The zero-order valence-electron chi connectivity index (χ0n) is 15.9. The number of hydrogen-bond acceptors (Lipinski definition) is 5. The average Bonchev–Trinajstić information content (AvgIpc) is 3.06. The molecule has 4 rings (SSSR count). The lowest BCUT2D eigenvalue weighted by Gasteiger charge is -2.13. The lowest BCUT2D eigenvalue weighted by Crippen LogP contribution is -2.27. The van der Waals surface area contributed by atoms with Gasteiger partial charge in [-0.3, -0.25) is 9.69 Å². The van der Waals surface area contributed by atoms with Crippen LogP contribution in [0.2, 0.25) is 0 Å². The first-order valence-electron chi connectivity index (χ1n) is 9.26. The van der Waals surface area contributed by atoms with Crippen molar-refractivity contribution < 1.29 is 14.3 Å². The molecule has 0 aliphatic carbocycles. The maximum absolute atomic E-state index is 12.8. The van der Waals surface area contributed by atoms with Gasteiger partial charge in [0.25, 0.3) is 5.91 Å². The number of nitrogens with zero attached hydrogens (tertiary/aromatic N) is 1. The Labute approximate surface area is 184 Å². The highest BCUT2D eigenvalue weighted by Gasteiger charge is 2.33. The fourth-order valence-electron chi connectivity index (χ4n) is 2.94. The molecule has 1 aliphatic rings. The number of benzene rings is 3. The fraction of sp³-hybridized carbons (Fsp3) is 0.0417. The Morgan fingerprint density at radius 2 is 1.57 bits per heavy atom. The standard InChI is InChI=1S/C24H17NO3S2/c26-22-21(30-24(29)25(22)20-9-5-2-6-10-20)15-17-11-13-19(14-12-17)23(27)28-16-18-7-3-1-4-8-18/h1-15H,16H2. The van der Waals surface area contributed by atoms with E-state index in [9.17, 15) is 9.59 Å². The van der Waals surface area contributed by atoms with Gasteiger partial charge >= 0.3 is 5.97 Å². The van der Waals surface area contributed by atoms with Crippen molar-refractivity contribution in [2.75, 3.05) is 4.90 Å². The average molecular weight is 432 g/mol. The molecule has 0 N–H and O–H groups in total. The van der Waals surface area contributed by atoms with E-state index in [0.717, 1.165) is 16.8 Å². The molecule has 1 fully saturated rings. The van der Waals surface area contributed by atoms with E-state index in [1.54, 1.807) is 30.3 Å². The Bertz CT molecular complexity index is 1110. The number of hydrogen-bond donors (Lipinski definition) is 0. The number of esters is 1. The van der Waals surface area contributed by atoms with Crippen LogP contribution >= 0.6 is 24.0 Å². The summed E-state index contributed by atoms with van der Waals surface area (Å²) in [5.74, 6) is -0.539. The summed E-state index contributed by atoms with van der Waals surface area (Å²) in [5.41, 5.74) is 2.95. The molecule has 6 heteroatoms. The summed E-state index contributed by atoms with van der Waals surface area (Å²) >= 11 is 6.65. The molecule has 3 aromatic rings. The largest absolute Gasteiger partial charge is 0.457 e. The van der Waals surface area contributed by atoms with Crippen molar-refractivity contribution in [3.8, 4) is 0 Å². The second kappa shape index (κ2) is 9.07. The number of rotatable bonds is 5. The first-order chi connectivity index (χ1) is 14.6. The third-order valence-corrected chi connectivity index (χ3v) is 5.77. The summed E-state index contributed by atoms with van der Waals surface area (Å²) < 4.78 is 5.84. The summed E-state index contributed by atoms with van der Waals surface area (Å²) in [6.07, 6.45) is 1.78. The van der Waals surface area contributed by atoms with Crippen molar-refractivity contribution in [2.24, 2.45) is 0 Å². The SMILES string of the molecule is O=C(OCc1ccccc1)c1ccc(C=C2SC(=S)N(c3ccccc3)C2=O)cc1. The van der Waals surface area contributed by atoms with Gasteiger partial charge < -0.3 is 4.74 Å². The summed E-state index contributed by atoms with van der Waals surface area (Å²) in [7, 11) is 0. The highest BCUT2D eigenvalue weighted by Crippen LogP contribution is 2.35. The molecular formula is C24H17NO3S2. The number of thioether (sulfide) groups is 1. The normalized spacial score (nSPS) is 14.9. The molecule has 0 radical (unpaired) electrons. The van der Waals surface area contributed by atoms with E-state index in [1.807, 2.05) is 60.7 Å². The molecule has 0 spiro atoms. The van der Waals surface area contributed by atoms with Crippen LogP contribution in [0.15, 0.2) is 89.8 Å². The predicted octanol–water partition coefficient (Wildman–Crippen LogP) is 5.45. The third kappa shape index (κ3) is 4.50. The van der Waals surface area contributed by atoms with Crippen LogP contribution in [0.5, 0.6) is 0 Å². The minimum atomic E-state index is -0.388. The molecule has 1 saturated heterocycles. The van der Waals surface area contributed by atoms with Crippen LogP contribution in [-0.2, 0) is 16.1 Å². The van der Waals surface area contributed by atoms with Gasteiger partial charge in [0.2, 0.25) is 0 Å². The van der Waals surface area contributed by atoms with Crippen LogP contribution < -0.4 is 4.90 Å². The van der Waals surface area contributed by atoms with E-state index in [1.165, 1.54) is 16.7 Å². The highest BCUT2D eigenvalue weighted by molar-refractivity contribution is 8.27. The molecule has 30 heavy (non-hydrogen) atoms. The van der Waals surface area contributed by atoms with E-state index in [-0.39, 0.29) is 18.5 Å². The van der Waals surface area contributed by atoms with Crippen molar-refractivity contribution >= 4 is 51.9 Å². The van der Waals surface area contributed by atoms with Crippen LogP contribution in [0.3, 0.4) is 0 Å². The second-order valence-corrected chi connectivity index (χ2v) is 8.21. The smallest absolute Gasteiger partial charge is 0.338 e. The van der Waals surface area contributed by atoms with Gasteiger partial charge in [-0.25, -0.2) is 4.79 Å². The summed E-state index contributed by atoms with van der Waals surface area (Å²) in [5, 5.41) is 0. The maximum Gasteiger partial charge on any atom is 0.338 e. The zero-order chi connectivity index (χ0) is 20.9. The van der Waals surface area contributed by atoms with E-state index < -0.39 is 0 Å². The zero-order valence-corrected chi connectivity index (χ0v) is 17.5. The van der Waals surface area contributed by atoms with Gasteiger partial charge in [0.05, 0.1) is 16.2 Å². The Kier molecular flexibility index (Phi) is 6.07. The second-order valence-electron chi connectivity index (χ2n) is 6.54. The van der Waals surface area contributed by atoms with Crippen LogP contribution in [0.1, 0.15) is 21.5 Å². The highest BCUT2D eigenvalue weighted by atomic mass is 32.2. The van der Waals surface area contributed by atoms with Crippen LogP contribution in [0, 0.1) is 0 Å². The Hall–Kier alpha value is -3.22. The third-order valence-electron chi connectivity index (χ3n) is 4.47. The summed E-state index contributed by atoms with van der Waals surface area (Å²) in [6, 6.07) is 25.8. The number of amides is 1. The topological polar surface area (TPSA) is 46.6 Å². The van der Waals surface area contributed by atoms with Gasteiger partial charge in [-0.15, -0.1) is 0 Å². The molecule has 3 aromatic carbocycles. The van der Waals surface area contributed by atoms with Crippen molar-refractivity contribution in [3.05, 3.63) is 107 Å². The van der Waals surface area contributed by atoms with Gasteiger partial charge in [-0.2, -0.15) is 0 Å². The maximum atomic E-state index is 12.8. The Morgan fingerprint density at radius 1 is 0.933 bits per heavy atom. The number of ether oxygens (including phenoxy) is 1. The lowest BCUT2D eigenvalue weighted by molar-refractivity contribution is -0.113. The minimum Gasteiger partial charge on any atom is -0.457 e. The van der Waals surface area contributed by atoms with E-state index in [2.05, 4.69) is 0 Å². The molecule has 0 saturated carbocycles. The van der Waals surface area contributed by atoms with Crippen molar-refractivity contribution in [1.82, 2.24) is 0 Å². The van der Waals surface area contributed by atoms with Gasteiger partial charge in [0, 0.05) is 0 Å². The van der Waals surface area contributed by atoms with Crippen LogP contribution in [0.25, 0.3) is 6.08 Å². The Morgan fingerprint density at radius 3 is 2.23 bits per heavy atom. The minimum absolute atomic E-state index is 0.150. The molecule has 4 nitrogen and oxygen atoms in total. The molecule has 1 heterocycles. The number of carbonyl (C=O) groups excluding carboxylic acids is 2. The molecular weight excluding hydrogens is 414 g/mol. The predicted molar refractivity (Wildman–Crippen MR) is 124 cm³/mol. The van der Waals surface area contributed by atoms with Gasteiger partial charge in [-0.1, -0.05) is 84.6 Å². The van der Waals surface area contributed by atoms with E-state index in [0.29, 0.717) is 14.8 Å². The van der Waals surface area contributed by atoms with Crippen molar-refractivity contribution in [1.29, 1.82) is 0 Å². The first-order valence-corrected chi connectivity index (χ1v) is 10.5. The van der Waals surface area contributed by atoms with Crippen molar-refractivity contribution in [2.45, 2.75) is 6.61 Å². The molecule has 0 bridgehead atoms. The monoisotopic (exact) mass is 431 g/mol. The van der Waals surface area contributed by atoms with Crippen LogP contribution in [0.4, 0.5) is 5.69 Å².